The molecule has 1 unspecified atom stereocenters. The third kappa shape index (κ3) is 3.51. The molecular formula is C15H21NO2S. The topological polar surface area (TPSA) is 40.5 Å². The highest BCUT2D eigenvalue weighted by atomic mass is 32.2. The minimum absolute atomic E-state index is 0.0176. The van der Waals surface area contributed by atoms with Crippen LogP contribution in [0.2, 0.25) is 0 Å². The van der Waals surface area contributed by atoms with E-state index in [2.05, 4.69) is 12.1 Å². The van der Waals surface area contributed by atoms with Crippen LogP contribution in [0.1, 0.15) is 30.7 Å². The van der Waals surface area contributed by atoms with Gasteiger partial charge in [0.05, 0.1) is 5.92 Å². The first-order chi connectivity index (χ1) is 9.24. The van der Waals surface area contributed by atoms with E-state index >= 15 is 0 Å². The monoisotopic (exact) mass is 279 g/mol. The maximum absolute atomic E-state index is 12.4. The van der Waals surface area contributed by atoms with Crippen molar-refractivity contribution in [2.75, 3.05) is 26.0 Å². The van der Waals surface area contributed by atoms with E-state index < -0.39 is 0 Å². The molecule has 1 N–H and O–H groups in total. The number of aliphatic hydroxyl groups excluding tert-OH is 1. The summed E-state index contributed by atoms with van der Waals surface area (Å²) < 4.78 is 0. The molecule has 4 heteroatoms. The number of hydrogen-bond acceptors (Lipinski definition) is 3. The maximum Gasteiger partial charge on any atom is 0.230 e. The Morgan fingerprint density at radius 3 is 2.95 bits per heavy atom. The number of likely N-dealkylation sites (N-methyl/N-ethyl adjacent to an activating group) is 1. The Hall–Kier alpha value is -1.00. The SMILES string of the molecule is CN(CCCCCO)C(=O)C1CSc2ccccc21. The third-order valence-electron chi connectivity index (χ3n) is 3.53. The van der Waals surface area contributed by atoms with Crippen molar-refractivity contribution in [3.63, 3.8) is 0 Å². The van der Waals surface area contributed by atoms with Gasteiger partial charge in [0.1, 0.15) is 0 Å². The van der Waals surface area contributed by atoms with Crippen molar-refractivity contribution in [3.05, 3.63) is 29.8 Å². The van der Waals surface area contributed by atoms with Gasteiger partial charge in [-0.05, 0) is 30.9 Å². The van der Waals surface area contributed by atoms with Crippen molar-refractivity contribution in [1.82, 2.24) is 4.90 Å². The second-order valence-corrected chi connectivity index (χ2v) is 6.01. The predicted octanol–water partition coefficient (Wildman–Crippen LogP) is 2.50. The Bertz CT molecular complexity index is 436. The summed E-state index contributed by atoms with van der Waals surface area (Å²) in [6.07, 6.45) is 2.76. The molecule has 3 nitrogen and oxygen atoms in total. The third-order valence-corrected chi connectivity index (χ3v) is 4.71. The number of unbranched alkanes of at least 4 members (excludes halogenated alkanes) is 2. The average Bonchev–Trinajstić information content (AvgIpc) is 2.86. The van der Waals surface area contributed by atoms with E-state index in [9.17, 15) is 4.79 Å². The lowest BCUT2D eigenvalue weighted by molar-refractivity contribution is -0.131. The molecule has 1 atom stereocenters. The zero-order chi connectivity index (χ0) is 13.7. The Labute approximate surface area is 119 Å². The van der Waals surface area contributed by atoms with Gasteiger partial charge in [-0.2, -0.15) is 0 Å². The van der Waals surface area contributed by atoms with Crippen molar-refractivity contribution in [1.29, 1.82) is 0 Å². The predicted molar refractivity (Wildman–Crippen MR) is 78.5 cm³/mol. The average molecular weight is 279 g/mol. The van der Waals surface area contributed by atoms with Gasteiger partial charge < -0.3 is 10.0 Å². The summed E-state index contributed by atoms with van der Waals surface area (Å²) in [6, 6.07) is 8.19. The van der Waals surface area contributed by atoms with Gasteiger partial charge in [0.15, 0.2) is 0 Å². The highest BCUT2D eigenvalue weighted by Crippen LogP contribution is 2.40. The van der Waals surface area contributed by atoms with E-state index in [4.69, 9.17) is 5.11 Å². The van der Waals surface area contributed by atoms with Crippen molar-refractivity contribution in [2.24, 2.45) is 0 Å². The molecule has 1 amide bonds. The quantitative estimate of drug-likeness (QED) is 0.813. The molecule has 0 aliphatic carbocycles. The van der Waals surface area contributed by atoms with Crippen molar-refractivity contribution >= 4 is 17.7 Å². The Morgan fingerprint density at radius 1 is 1.37 bits per heavy atom. The molecule has 0 saturated carbocycles. The molecular weight excluding hydrogens is 258 g/mol. The summed E-state index contributed by atoms with van der Waals surface area (Å²) in [5.74, 6) is 1.10. The molecule has 1 heterocycles. The van der Waals surface area contributed by atoms with Gasteiger partial charge in [0.25, 0.3) is 0 Å². The first kappa shape index (κ1) is 14.4. The summed E-state index contributed by atoms with van der Waals surface area (Å²) in [6.45, 7) is 1.02. The minimum Gasteiger partial charge on any atom is -0.396 e. The smallest absolute Gasteiger partial charge is 0.230 e. The van der Waals surface area contributed by atoms with Gasteiger partial charge in [-0.1, -0.05) is 18.2 Å². The number of carbonyl (C=O) groups excluding carboxylic acids is 1. The number of fused-ring (bicyclic) bond motifs is 1. The number of aliphatic hydroxyl groups is 1. The van der Waals surface area contributed by atoms with Crippen molar-refractivity contribution in [2.45, 2.75) is 30.1 Å². The molecule has 0 bridgehead atoms. The van der Waals surface area contributed by atoms with Crippen LogP contribution in [0.3, 0.4) is 0 Å². The zero-order valence-electron chi connectivity index (χ0n) is 11.3. The Kier molecular flexibility index (Phi) is 5.28. The second-order valence-electron chi connectivity index (χ2n) is 4.95. The van der Waals surface area contributed by atoms with Gasteiger partial charge in [-0.15, -0.1) is 11.8 Å². The standard InChI is InChI=1S/C15H21NO2S/c1-16(9-5-2-6-10-17)15(18)13-11-19-14-8-4-3-7-12(13)14/h3-4,7-8,13,17H,2,5-6,9-11H2,1H3. The lowest BCUT2D eigenvalue weighted by Crippen LogP contribution is -2.32. The largest absolute Gasteiger partial charge is 0.396 e. The van der Waals surface area contributed by atoms with Gasteiger partial charge in [-0.25, -0.2) is 0 Å². The molecule has 104 valence electrons. The summed E-state index contributed by atoms with van der Waals surface area (Å²) in [5, 5.41) is 8.74. The Balaban J connectivity index is 1.90. The minimum atomic E-state index is 0.0176. The first-order valence-electron chi connectivity index (χ1n) is 6.81. The molecule has 2 rings (SSSR count). The highest BCUT2D eigenvalue weighted by molar-refractivity contribution is 7.99. The fraction of sp³-hybridized carbons (Fsp3) is 0.533. The zero-order valence-corrected chi connectivity index (χ0v) is 12.2. The van der Waals surface area contributed by atoms with Gasteiger partial charge in [0.2, 0.25) is 5.91 Å². The van der Waals surface area contributed by atoms with Gasteiger partial charge in [-0.3, -0.25) is 4.79 Å². The highest BCUT2D eigenvalue weighted by Gasteiger charge is 2.30. The van der Waals surface area contributed by atoms with E-state index in [1.165, 1.54) is 10.5 Å². The van der Waals surface area contributed by atoms with Gasteiger partial charge in [0, 0.05) is 30.8 Å². The first-order valence-corrected chi connectivity index (χ1v) is 7.80. The number of amides is 1. The van der Waals surface area contributed by atoms with Crippen LogP contribution in [-0.2, 0) is 4.79 Å². The maximum atomic E-state index is 12.4. The normalized spacial score (nSPS) is 17.3. The molecule has 1 aromatic rings. The molecule has 1 aliphatic heterocycles. The fourth-order valence-electron chi connectivity index (χ4n) is 2.38. The van der Waals surface area contributed by atoms with E-state index in [1.54, 1.807) is 11.8 Å². The number of benzene rings is 1. The van der Waals surface area contributed by atoms with Crippen LogP contribution < -0.4 is 0 Å². The summed E-state index contributed by atoms with van der Waals surface area (Å²) in [5.41, 5.74) is 1.18. The molecule has 0 saturated heterocycles. The molecule has 0 spiro atoms. The van der Waals surface area contributed by atoms with Crippen LogP contribution in [0.25, 0.3) is 0 Å². The molecule has 1 aromatic carbocycles. The van der Waals surface area contributed by atoms with Crippen molar-refractivity contribution in [3.8, 4) is 0 Å². The lowest BCUT2D eigenvalue weighted by atomic mass is 10.00. The second kappa shape index (κ2) is 6.96. The van der Waals surface area contributed by atoms with Crippen LogP contribution in [0.4, 0.5) is 0 Å². The number of rotatable bonds is 6. The van der Waals surface area contributed by atoms with E-state index in [0.717, 1.165) is 31.6 Å². The molecule has 0 fully saturated rings. The number of carbonyl (C=O) groups is 1. The van der Waals surface area contributed by atoms with Gasteiger partial charge >= 0.3 is 0 Å². The molecule has 19 heavy (non-hydrogen) atoms. The summed E-state index contributed by atoms with van der Waals surface area (Å²) >= 11 is 1.77. The molecule has 0 radical (unpaired) electrons. The summed E-state index contributed by atoms with van der Waals surface area (Å²) in [7, 11) is 1.88. The van der Waals surface area contributed by atoms with Crippen LogP contribution in [-0.4, -0.2) is 41.9 Å². The van der Waals surface area contributed by atoms with Crippen LogP contribution in [0, 0.1) is 0 Å². The number of nitrogens with zero attached hydrogens (tertiary/aromatic N) is 1. The van der Waals surface area contributed by atoms with Crippen LogP contribution in [0.5, 0.6) is 0 Å². The van der Waals surface area contributed by atoms with Crippen LogP contribution >= 0.6 is 11.8 Å². The molecule has 0 aromatic heterocycles. The van der Waals surface area contributed by atoms with E-state index in [0.29, 0.717) is 0 Å². The number of thioether (sulfide) groups is 1. The molecule has 1 aliphatic rings. The summed E-state index contributed by atoms with van der Waals surface area (Å²) in [4.78, 5) is 15.5. The lowest BCUT2D eigenvalue weighted by Gasteiger charge is -2.21. The van der Waals surface area contributed by atoms with E-state index in [1.807, 2.05) is 24.1 Å². The fourth-order valence-corrected chi connectivity index (χ4v) is 3.60. The Morgan fingerprint density at radius 2 is 2.16 bits per heavy atom. The van der Waals surface area contributed by atoms with Crippen molar-refractivity contribution < 1.29 is 9.90 Å². The van der Waals surface area contributed by atoms with Crippen LogP contribution in [0.15, 0.2) is 29.2 Å². The number of hydrogen-bond donors (Lipinski definition) is 1. The van der Waals surface area contributed by atoms with E-state index in [-0.39, 0.29) is 18.4 Å².